The lowest BCUT2D eigenvalue weighted by Crippen LogP contribution is -2.38. The second-order valence-electron chi connectivity index (χ2n) is 7.74. The van der Waals surface area contributed by atoms with Crippen LogP contribution in [0, 0.1) is 13.8 Å². The highest BCUT2D eigenvalue weighted by Crippen LogP contribution is 2.35. The van der Waals surface area contributed by atoms with Gasteiger partial charge in [0.05, 0.1) is 34.0 Å². The number of ether oxygens (including phenoxy) is 1. The van der Waals surface area contributed by atoms with E-state index in [0.717, 1.165) is 22.0 Å². The molecule has 0 aliphatic heterocycles. The van der Waals surface area contributed by atoms with Crippen molar-refractivity contribution in [3.8, 4) is 5.75 Å². The molecule has 0 fully saturated rings. The number of nitrogens with zero attached hydrogens (tertiary/aromatic N) is 1. The van der Waals surface area contributed by atoms with Gasteiger partial charge in [-0.2, -0.15) is 13.2 Å². The van der Waals surface area contributed by atoms with Crippen LogP contribution in [0.4, 0.5) is 24.5 Å². The minimum atomic E-state index is -4.65. The first-order chi connectivity index (χ1) is 16.3. The molecular weight excluding hydrogens is 505 g/mol. The Morgan fingerprint density at radius 1 is 1.00 bits per heavy atom. The molecular formula is C24H22ClF3N2O4S. The molecule has 1 amide bonds. The lowest BCUT2D eigenvalue weighted by atomic mass is 10.2. The number of hydrogen-bond donors (Lipinski definition) is 1. The Bertz CT molecular complexity index is 1340. The summed E-state index contributed by atoms with van der Waals surface area (Å²) in [5, 5.41) is 2.16. The van der Waals surface area contributed by atoms with E-state index in [1.54, 1.807) is 38.1 Å². The van der Waals surface area contributed by atoms with Gasteiger partial charge in [-0.3, -0.25) is 9.10 Å². The molecule has 186 valence electrons. The Kier molecular flexibility index (Phi) is 7.66. The zero-order chi connectivity index (χ0) is 26.0. The average Bonchev–Trinajstić information content (AvgIpc) is 2.78. The van der Waals surface area contributed by atoms with Gasteiger partial charge in [0.15, 0.2) is 0 Å². The van der Waals surface area contributed by atoms with Crippen molar-refractivity contribution >= 4 is 38.9 Å². The van der Waals surface area contributed by atoms with Crippen molar-refractivity contribution < 1.29 is 31.1 Å². The second kappa shape index (κ2) is 10.2. The molecule has 3 rings (SSSR count). The predicted molar refractivity (Wildman–Crippen MR) is 129 cm³/mol. The van der Waals surface area contributed by atoms with E-state index in [9.17, 15) is 26.4 Å². The lowest BCUT2D eigenvalue weighted by molar-refractivity contribution is -0.137. The summed E-state index contributed by atoms with van der Waals surface area (Å²) >= 11 is 5.98. The number of alkyl halides is 3. The van der Waals surface area contributed by atoms with Gasteiger partial charge in [-0.05, 0) is 61.9 Å². The predicted octanol–water partition coefficient (Wildman–Crippen LogP) is 5.82. The second-order valence-corrected chi connectivity index (χ2v) is 10.0. The van der Waals surface area contributed by atoms with Crippen LogP contribution in [0.3, 0.4) is 0 Å². The number of sulfonamides is 1. The number of benzene rings is 3. The summed E-state index contributed by atoms with van der Waals surface area (Å²) < 4.78 is 72.6. The highest BCUT2D eigenvalue weighted by molar-refractivity contribution is 7.92. The summed E-state index contributed by atoms with van der Waals surface area (Å²) in [5.41, 5.74) is 0.322. The molecule has 0 aromatic heterocycles. The topological polar surface area (TPSA) is 75.7 Å². The van der Waals surface area contributed by atoms with Crippen molar-refractivity contribution in [3.63, 3.8) is 0 Å². The number of nitrogens with one attached hydrogen (secondary N) is 1. The fourth-order valence-corrected chi connectivity index (χ4v) is 4.84. The summed E-state index contributed by atoms with van der Waals surface area (Å²) in [6.45, 7) is 2.79. The summed E-state index contributed by atoms with van der Waals surface area (Å²) in [6, 6.07) is 13.3. The third-order valence-corrected chi connectivity index (χ3v) is 7.17. The van der Waals surface area contributed by atoms with E-state index in [1.807, 2.05) is 0 Å². The maximum absolute atomic E-state index is 13.6. The van der Waals surface area contributed by atoms with Gasteiger partial charge in [0.2, 0.25) is 5.91 Å². The van der Waals surface area contributed by atoms with Crippen LogP contribution in [0.25, 0.3) is 0 Å². The molecule has 0 saturated carbocycles. The molecule has 1 N–H and O–H groups in total. The fourth-order valence-electron chi connectivity index (χ4n) is 3.25. The number of hydrogen-bond acceptors (Lipinski definition) is 4. The molecule has 0 aliphatic rings. The Balaban J connectivity index is 2.04. The third kappa shape index (κ3) is 6.07. The molecule has 0 spiro atoms. The highest BCUT2D eigenvalue weighted by Gasteiger charge is 2.32. The van der Waals surface area contributed by atoms with Gasteiger partial charge in [-0.15, -0.1) is 0 Å². The molecule has 3 aromatic rings. The molecule has 11 heteroatoms. The molecule has 3 aromatic carbocycles. The van der Waals surface area contributed by atoms with Crippen molar-refractivity contribution in [3.05, 3.63) is 82.4 Å². The highest BCUT2D eigenvalue weighted by atomic mass is 35.5. The van der Waals surface area contributed by atoms with E-state index in [0.29, 0.717) is 11.6 Å². The van der Waals surface area contributed by atoms with Crippen molar-refractivity contribution in [1.82, 2.24) is 0 Å². The molecule has 0 radical (unpaired) electrons. The van der Waals surface area contributed by atoms with E-state index in [4.69, 9.17) is 16.3 Å². The van der Waals surface area contributed by atoms with E-state index in [2.05, 4.69) is 5.32 Å². The van der Waals surface area contributed by atoms with Gasteiger partial charge in [0, 0.05) is 0 Å². The normalized spacial score (nSPS) is 11.7. The van der Waals surface area contributed by atoms with E-state index in [-0.39, 0.29) is 27.0 Å². The van der Waals surface area contributed by atoms with Crippen LogP contribution in [0.15, 0.2) is 65.6 Å². The Morgan fingerprint density at radius 3 is 2.23 bits per heavy atom. The average molecular weight is 527 g/mol. The minimum Gasteiger partial charge on any atom is -0.495 e. The van der Waals surface area contributed by atoms with Crippen molar-refractivity contribution in [2.24, 2.45) is 0 Å². The van der Waals surface area contributed by atoms with Crippen LogP contribution < -0.4 is 14.4 Å². The van der Waals surface area contributed by atoms with Crippen molar-refractivity contribution in [1.29, 1.82) is 0 Å². The van der Waals surface area contributed by atoms with Crippen LogP contribution in [0.1, 0.15) is 16.7 Å². The minimum absolute atomic E-state index is 0.0726. The third-order valence-electron chi connectivity index (χ3n) is 5.07. The summed E-state index contributed by atoms with van der Waals surface area (Å²) in [6.07, 6.45) is -4.65. The first kappa shape index (κ1) is 26.4. The largest absolute Gasteiger partial charge is 0.495 e. The zero-order valence-corrected chi connectivity index (χ0v) is 20.6. The number of halogens is 4. The van der Waals surface area contributed by atoms with Crippen LogP contribution in [-0.4, -0.2) is 28.0 Å². The fraction of sp³-hybridized carbons (Fsp3) is 0.208. The first-order valence-corrected chi connectivity index (χ1v) is 12.1. The lowest BCUT2D eigenvalue weighted by Gasteiger charge is -2.26. The van der Waals surface area contributed by atoms with E-state index in [1.165, 1.54) is 25.3 Å². The van der Waals surface area contributed by atoms with Gasteiger partial charge >= 0.3 is 6.18 Å². The number of carbonyl (C=O) groups excluding carboxylic acids is 1. The summed E-state index contributed by atoms with van der Waals surface area (Å²) in [7, 11) is -2.92. The molecule has 0 aliphatic carbocycles. The maximum atomic E-state index is 13.6. The smallest absolute Gasteiger partial charge is 0.416 e. The van der Waals surface area contributed by atoms with Gasteiger partial charge in [0.1, 0.15) is 12.3 Å². The monoisotopic (exact) mass is 526 g/mol. The first-order valence-electron chi connectivity index (χ1n) is 10.2. The molecule has 35 heavy (non-hydrogen) atoms. The number of carbonyl (C=O) groups is 1. The van der Waals surface area contributed by atoms with E-state index >= 15 is 0 Å². The quantitative estimate of drug-likeness (QED) is 0.421. The molecule has 0 bridgehead atoms. The van der Waals surface area contributed by atoms with Crippen LogP contribution >= 0.6 is 11.6 Å². The Hall–Kier alpha value is -3.24. The molecule has 0 unspecified atom stereocenters. The Labute approximate surface area is 206 Å². The summed E-state index contributed by atoms with van der Waals surface area (Å²) in [4.78, 5) is 12.9. The van der Waals surface area contributed by atoms with Gasteiger partial charge in [-0.25, -0.2) is 8.42 Å². The molecule has 6 nitrogen and oxygen atoms in total. The van der Waals surface area contributed by atoms with Gasteiger partial charge < -0.3 is 10.1 Å². The standard InChI is InChI=1S/C24H22ClF3N2O4S/c1-15-4-8-18(9-5-15)35(32,33)30(21-12-16(2)6-11-22(21)34-3)14-23(31)29-20-13-17(24(26,27)28)7-10-19(20)25/h4-13H,14H2,1-3H3,(H,29,31). The number of amides is 1. The SMILES string of the molecule is COc1ccc(C)cc1N(CC(=O)Nc1cc(C(F)(F)F)ccc1Cl)S(=O)(=O)c1ccc(C)cc1. The van der Waals surface area contributed by atoms with Gasteiger partial charge in [-0.1, -0.05) is 35.4 Å². The number of methoxy groups -OCH3 is 1. The number of rotatable bonds is 7. The van der Waals surface area contributed by atoms with Crippen molar-refractivity contribution in [2.45, 2.75) is 24.9 Å². The van der Waals surface area contributed by atoms with Crippen LogP contribution in [0.2, 0.25) is 5.02 Å². The number of anilines is 2. The van der Waals surface area contributed by atoms with Crippen molar-refractivity contribution in [2.75, 3.05) is 23.3 Å². The maximum Gasteiger partial charge on any atom is 0.416 e. The van der Waals surface area contributed by atoms with Crippen LogP contribution in [0.5, 0.6) is 5.75 Å². The number of aryl methyl sites for hydroxylation is 2. The van der Waals surface area contributed by atoms with Gasteiger partial charge in [0.25, 0.3) is 10.0 Å². The van der Waals surface area contributed by atoms with Crippen LogP contribution in [-0.2, 0) is 21.0 Å². The summed E-state index contributed by atoms with van der Waals surface area (Å²) in [5.74, 6) is -0.707. The van der Waals surface area contributed by atoms with E-state index < -0.39 is 34.2 Å². The Morgan fingerprint density at radius 2 is 1.63 bits per heavy atom. The molecule has 0 heterocycles. The zero-order valence-electron chi connectivity index (χ0n) is 19.0. The molecule has 0 saturated heterocycles. The molecule has 0 atom stereocenters.